The minimum Gasteiger partial charge on any atom is -0.309 e. The molecule has 60 heavy (non-hydrogen) atoms. The number of fused-ring (bicyclic) bond motifs is 12. The lowest BCUT2D eigenvalue weighted by Gasteiger charge is -2.21. The molecule has 3 heterocycles. The van der Waals surface area contributed by atoms with E-state index in [4.69, 9.17) is 0 Å². The van der Waals surface area contributed by atoms with Gasteiger partial charge in [-0.25, -0.2) is 0 Å². The van der Waals surface area contributed by atoms with Crippen LogP contribution in [-0.2, 0) is 5.41 Å². The van der Waals surface area contributed by atoms with Gasteiger partial charge in [0, 0.05) is 64.1 Å². The van der Waals surface area contributed by atoms with Gasteiger partial charge in [-0.1, -0.05) is 153 Å². The fourth-order valence-corrected chi connectivity index (χ4v) is 11.8. The van der Waals surface area contributed by atoms with Gasteiger partial charge in [0.1, 0.15) is 0 Å². The quantitative estimate of drug-likeness (QED) is 0.168. The molecule has 1 aliphatic rings. The van der Waals surface area contributed by atoms with Crippen molar-refractivity contribution in [2.45, 2.75) is 19.3 Å². The Morgan fingerprint density at radius 1 is 0.367 bits per heavy atom. The topological polar surface area (TPSA) is 9.86 Å². The van der Waals surface area contributed by atoms with Crippen molar-refractivity contribution < 1.29 is 0 Å². The van der Waals surface area contributed by atoms with Gasteiger partial charge in [0.25, 0.3) is 0 Å². The number of thiophene rings is 1. The van der Waals surface area contributed by atoms with Gasteiger partial charge < -0.3 is 9.13 Å². The number of benzene rings is 9. The van der Waals surface area contributed by atoms with Crippen molar-refractivity contribution in [3.05, 3.63) is 205 Å². The molecule has 0 radical (unpaired) electrons. The van der Waals surface area contributed by atoms with E-state index in [0.717, 1.165) is 0 Å². The number of rotatable bonds is 4. The lowest BCUT2D eigenvalue weighted by Crippen LogP contribution is -2.14. The van der Waals surface area contributed by atoms with E-state index in [1.165, 1.54) is 120 Å². The number of para-hydroxylation sites is 3. The molecule has 0 amide bonds. The fourth-order valence-electron chi connectivity index (χ4n) is 10.6. The highest BCUT2D eigenvalue weighted by Gasteiger charge is 2.37. The molecular weight excluding hydrogens is 745 g/mol. The average molecular weight is 783 g/mol. The molecule has 0 saturated carbocycles. The largest absolute Gasteiger partial charge is 0.309 e. The van der Waals surface area contributed by atoms with Gasteiger partial charge in [-0.15, -0.1) is 11.3 Å². The molecule has 12 aromatic rings. The van der Waals surface area contributed by atoms with E-state index in [2.05, 4.69) is 217 Å². The summed E-state index contributed by atoms with van der Waals surface area (Å²) in [5.74, 6) is 0. The molecule has 0 unspecified atom stereocenters. The molecule has 0 fully saturated rings. The number of hydrogen-bond acceptors (Lipinski definition) is 1. The number of hydrogen-bond donors (Lipinski definition) is 0. The molecule has 0 atom stereocenters. The van der Waals surface area contributed by atoms with Gasteiger partial charge in [0.2, 0.25) is 0 Å². The van der Waals surface area contributed by atoms with Crippen molar-refractivity contribution in [2.24, 2.45) is 0 Å². The summed E-state index contributed by atoms with van der Waals surface area (Å²) in [7, 11) is 0. The third-order valence-corrected chi connectivity index (χ3v) is 14.5. The molecule has 13 rings (SSSR count). The van der Waals surface area contributed by atoms with Crippen LogP contribution in [0.4, 0.5) is 0 Å². The lowest BCUT2D eigenvalue weighted by molar-refractivity contribution is 0.660. The Morgan fingerprint density at radius 3 is 1.63 bits per heavy atom. The Labute approximate surface area is 351 Å². The SMILES string of the molecule is CC1(C)c2ccccc2-c2c(-c3cc(-n4c5ccccc5c5ccc(-c6ccc7c8ccccc8n(-c8ccccc8)c7c6)cc54)cc4c3sc3ccccc34)cccc21. The maximum atomic E-state index is 2.52. The summed E-state index contributed by atoms with van der Waals surface area (Å²) in [6, 6.07) is 72.3. The second-order valence-corrected chi connectivity index (χ2v) is 17.9. The van der Waals surface area contributed by atoms with E-state index >= 15 is 0 Å². The summed E-state index contributed by atoms with van der Waals surface area (Å²) >= 11 is 1.91. The maximum absolute atomic E-state index is 2.52. The van der Waals surface area contributed by atoms with Crippen LogP contribution in [0.5, 0.6) is 0 Å². The van der Waals surface area contributed by atoms with Crippen molar-refractivity contribution in [1.82, 2.24) is 9.13 Å². The van der Waals surface area contributed by atoms with Gasteiger partial charge in [0.05, 0.1) is 22.1 Å². The average Bonchev–Trinajstić information content (AvgIpc) is 4.01. The van der Waals surface area contributed by atoms with E-state index in [1.54, 1.807) is 0 Å². The maximum Gasteiger partial charge on any atom is 0.0547 e. The number of aromatic nitrogens is 2. The highest BCUT2D eigenvalue weighted by molar-refractivity contribution is 7.26. The summed E-state index contributed by atoms with van der Waals surface area (Å²) in [4.78, 5) is 0. The summed E-state index contributed by atoms with van der Waals surface area (Å²) < 4.78 is 7.57. The van der Waals surface area contributed by atoms with Crippen LogP contribution in [0, 0.1) is 0 Å². The lowest BCUT2D eigenvalue weighted by atomic mass is 9.82. The first kappa shape index (κ1) is 33.7. The van der Waals surface area contributed by atoms with Crippen LogP contribution < -0.4 is 0 Å². The van der Waals surface area contributed by atoms with E-state index in [0.29, 0.717) is 0 Å². The van der Waals surface area contributed by atoms with Crippen LogP contribution in [0.25, 0.3) is 109 Å². The van der Waals surface area contributed by atoms with Crippen molar-refractivity contribution in [3.8, 4) is 44.8 Å². The first-order chi connectivity index (χ1) is 29.5. The zero-order valence-electron chi connectivity index (χ0n) is 33.3. The molecule has 0 spiro atoms. The molecule has 0 saturated heterocycles. The van der Waals surface area contributed by atoms with E-state index in [-0.39, 0.29) is 5.41 Å². The van der Waals surface area contributed by atoms with Crippen molar-refractivity contribution in [3.63, 3.8) is 0 Å². The zero-order chi connectivity index (χ0) is 39.7. The van der Waals surface area contributed by atoms with E-state index < -0.39 is 0 Å². The van der Waals surface area contributed by atoms with Gasteiger partial charge in [-0.05, 0) is 93.5 Å². The van der Waals surface area contributed by atoms with Gasteiger partial charge in [-0.3, -0.25) is 0 Å². The van der Waals surface area contributed by atoms with Gasteiger partial charge in [0.15, 0.2) is 0 Å². The summed E-state index contributed by atoms with van der Waals surface area (Å²) in [6.07, 6.45) is 0. The number of nitrogens with zero attached hydrogens (tertiary/aromatic N) is 2. The van der Waals surface area contributed by atoms with Crippen molar-refractivity contribution >= 4 is 75.1 Å². The van der Waals surface area contributed by atoms with E-state index in [1.807, 2.05) is 11.3 Å². The zero-order valence-corrected chi connectivity index (χ0v) is 34.1. The molecule has 2 nitrogen and oxygen atoms in total. The predicted molar refractivity (Wildman–Crippen MR) is 256 cm³/mol. The normalized spacial score (nSPS) is 13.3. The standard InChI is InChI=1S/C57H38N2S/c1-57(2)48-22-10-6-20-45(48)55-44(21-14-23-49(55)57)47-34-38(33-46-43-19-9-13-26-54(43)60-56(46)47)59-51-25-12-8-18-40(51)42-30-28-36(32-53(42)59)35-27-29-41-39-17-7-11-24-50(39)58(52(41)31-35)37-15-4-3-5-16-37/h3-34H,1-2H3. The molecule has 3 aromatic heterocycles. The van der Waals surface area contributed by atoms with Crippen molar-refractivity contribution in [2.75, 3.05) is 0 Å². The molecule has 282 valence electrons. The summed E-state index contributed by atoms with van der Waals surface area (Å²) in [5, 5.41) is 7.64. The Morgan fingerprint density at radius 2 is 0.917 bits per heavy atom. The minimum atomic E-state index is -0.0828. The first-order valence-corrected chi connectivity index (χ1v) is 21.7. The second kappa shape index (κ2) is 12.4. The molecular formula is C57H38N2S. The third kappa shape index (κ3) is 4.64. The molecule has 1 aliphatic carbocycles. The molecule has 0 bridgehead atoms. The van der Waals surface area contributed by atoms with Crippen LogP contribution >= 0.6 is 11.3 Å². The van der Waals surface area contributed by atoms with Gasteiger partial charge >= 0.3 is 0 Å². The molecule has 0 aliphatic heterocycles. The smallest absolute Gasteiger partial charge is 0.0547 e. The van der Waals surface area contributed by atoms with E-state index in [9.17, 15) is 0 Å². The highest BCUT2D eigenvalue weighted by atomic mass is 32.1. The predicted octanol–water partition coefficient (Wildman–Crippen LogP) is 15.9. The monoisotopic (exact) mass is 782 g/mol. The third-order valence-electron chi connectivity index (χ3n) is 13.3. The summed E-state index contributed by atoms with van der Waals surface area (Å²) in [5.41, 5.74) is 17.6. The fraction of sp³-hybridized carbons (Fsp3) is 0.0526. The summed E-state index contributed by atoms with van der Waals surface area (Å²) in [6.45, 7) is 4.75. The second-order valence-electron chi connectivity index (χ2n) is 16.9. The van der Waals surface area contributed by atoms with Crippen LogP contribution in [0.15, 0.2) is 194 Å². The molecule has 9 aromatic carbocycles. The van der Waals surface area contributed by atoms with Gasteiger partial charge in [-0.2, -0.15) is 0 Å². The Bertz CT molecular complexity index is 3740. The van der Waals surface area contributed by atoms with Crippen LogP contribution in [-0.4, -0.2) is 9.13 Å². The minimum absolute atomic E-state index is 0.0828. The van der Waals surface area contributed by atoms with Crippen LogP contribution in [0.2, 0.25) is 0 Å². The van der Waals surface area contributed by atoms with Crippen LogP contribution in [0.3, 0.4) is 0 Å². The Kier molecular flexibility index (Phi) is 6.98. The van der Waals surface area contributed by atoms with Crippen LogP contribution in [0.1, 0.15) is 25.0 Å². The van der Waals surface area contributed by atoms with Crippen molar-refractivity contribution in [1.29, 1.82) is 0 Å². The molecule has 3 heteroatoms. The molecule has 0 N–H and O–H groups in total. The highest BCUT2D eigenvalue weighted by Crippen LogP contribution is 2.54. The Balaban J connectivity index is 1.08. The Hall–Kier alpha value is -7.20. The first-order valence-electron chi connectivity index (χ1n) is 20.8.